The van der Waals surface area contributed by atoms with Gasteiger partial charge in [-0.3, -0.25) is 0 Å². The van der Waals surface area contributed by atoms with Crippen molar-refractivity contribution in [1.29, 1.82) is 0 Å². The normalized spacial score (nSPS) is 26.7. The summed E-state index contributed by atoms with van der Waals surface area (Å²) < 4.78 is 5.88. The van der Waals surface area contributed by atoms with Gasteiger partial charge in [-0.1, -0.05) is 17.7 Å². The summed E-state index contributed by atoms with van der Waals surface area (Å²) in [7, 11) is 0. The van der Waals surface area contributed by atoms with Crippen LogP contribution in [0.4, 0.5) is 5.82 Å². The molecule has 3 rings (SSSR count). The molecule has 1 saturated heterocycles. The minimum atomic E-state index is 0.0646. The quantitative estimate of drug-likeness (QED) is 0.585. The first-order valence-corrected chi connectivity index (χ1v) is 5.72. The van der Waals surface area contributed by atoms with Crippen LogP contribution in [0, 0.1) is 0 Å². The van der Waals surface area contributed by atoms with Gasteiger partial charge in [-0.15, -0.1) is 6.58 Å². The molecule has 2 aliphatic heterocycles. The summed E-state index contributed by atoms with van der Waals surface area (Å²) in [6.45, 7) is 4.48. The molecule has 1 aromatic heterocycles. The van der Waals surface area contributed by atoms with E-state index in [-0.39, 0.29) is 12.3 Å². The molecule has 0 aromatic carbocycles. The Kier molecular flexibility index (Phi) is 2.33. The second-order valence-corrected chi connectivity index (χ2v) is 4.36. The van der Waals surface area contributed by atoms with Gasteiger partial charge in [-0.05, 0) is 12.8 Å². The van der Waals surface area contributed by atoms with Crippen molar-refractivity contribution in [3.63, 3.8) is 0 Å². The van der Waals surface area contributed by atoms with Crippen molar-refractivity contribution in [3.8, 4) is 0 Å². The fourth-order valence-electron chi connectivity index (χ4n) is 2.41. The van der Waals surface area contributed by atoms with Crippen LogP contribution in [0.15, 0.2) is 19.0 Å². The first-order valence-electron chi connectivity index (χ1n) is 5.34. The molecule has 2 aliphatic rings. The molecule has 0 N–H and O–H groups in total. The van der Waals surface area contributed by atoms with E-state index in [1.54, 1.807) is 0 Å². The summed E-state index contributed by atoms with van der Waals surface area (Å²) in [6, 6.07) is 0. The standard InChI is InChI=1S/C11H12ClN3O/c1-2-5-15-8-4-3-7(16-8)9-10(12)13-6-14-11(9)15/h2,6-8H,1,3-5H2/t7-,8-/m1/s1. The summed E-state index contributed by atoms with van der Waals surface area (Å²) in [6.07, 6.45) is 5.52. The summed E-state index contributed by atoms with van der Waals surface area (Å²) in [5, 5.41) is 0.504. The van der Waals surface area contributed by atoms with E-state index < -0.39 is 0 Å². The summed E-state index contributed by atoms with van der Waals surface area (Å²) in [5.74, 6) is 0.902. The molecule has 4 nitrogen and oxygen atoms in total. The first-order chi connectivity index (χ1) is 7.81. The maximum absolute atomic E-state index is 6.12. The summed E-state index contributed by atoms with van der Waals surface area (Å²) in [4.78, 5) is 10.4. The molecule has 2 bridgehead atoms. The molecular formula is C11H12ClN3O. The Bertz CT molecular complexity index is 437. The van der Waals surface area contributed by atoms with E-state index in [0.29, 0.717) is 5.15 Å². The van der Waals surface area contributed by atoms with Gasteiger partial charge in [0.25, 0.3) is 0 Å². The van der Waals surface area contributed by atoms with Gasteiger partial charge in [-0.2, -0.15) is 0 Å². The molecule has 0 spiro atoms. The third-order valence-corrected chi connectivity index (χ3v) is 3.38. The van der Waals surface area contributed by atoms with Gasteiger partial charge in [0.1, 0.15) is 23.5 Å². The Hall–Kier alpha value is -1.13. The fraction of sp³-hybridized carbons (Fsp3) is 0.455. The van der Waals surface area contributed by atoms with E-state index in [4.69, 9.17) is 16.3 Å². The van der Waals surface area contributed by atoms with Crippen molar-refractivity contribution in [3.05, 3.63) is 29.7 Å². The average Bonchev–Trinajstić information content (AvgIpc) is 2.69. The smallest absolute Gasteiger partial charge is 0.141 e. The summed E-state index contributed by atoms with van der Waals surface area (Å²) >= 11 is 6.12. The van der Waals surface area contributed by atoms with Crippen LogP contribution < -0.4 is 4.90 Å². The number of anilines is 1. The number of hydrogen-bond acceptors (Lipinski definition) is 4. The molecule has 84 valence electrons. The molecule has 0 amide bonds. The van der Waals surface area contributed by atoms with E-state index in [1.807, 2.05) is 6.08 Å². The lowest BCUT2D eigenvalue weighted by Crippen LogP contribution is -2.39. The zero-order chi connectivity index (χ0) is 11.1. The Morgan fingerprint density at radius 2 is 2.44 bits per heavy atom. The van der Waals surface area contributed by atoms with Crippen LogP contribution in [0.3, 0.4) is 0 Å². The first kappa shape index (κ1) is 10.1. The lowest BCUT2D eigenvalue weighted by atomic mass is 10.1. The van der Waals surface area contributed by atoms with E-state index in [0.717, 1.165) is 30.8 Å². The van der Waals surface area contributed by atoms with Gasteiger partial charge in [0, 0.05) is 6.54 Å². The van der Waals surface area contributed by atoms with E-state index in [9.17, 15) is 0 Å². The van der Waals surface area contributed by atoms with Crippen LogP contribution in [-0.2, 0) is 4.74 Å². The van der Waals surface area contributed by atoms with E-state index in [1.165, 1.54) is 6.33 Å². The highest BCUT2D eigenvalue weighted by atomic mass is 35.5. The van der Waals surface area contributed by atoms with Crippen LogP contribution in [-0.4, -0.2) is 22.7 Å². The lowest BCUT2D eigenvalue weighted by molar-refractivity contribution is 0.0325. The fourth-order valence-corrected chi connectivity index (χ4v) is 2.66. The van der Waals surface area contributed by atoms with Crippen molar-refractivity contribution in [2.75, 3.05) is 11.4 Å². The molecule has 1 aromatic rings. The second-order valence-electron chi connectivity index (χ2n) is 4.00. The molecule has 0 saturated carbocycles. The van der Waals surface area contributed by atoms with Gasteiger partial charge in [-0.25, -0.2) is 9.97 Å². The predicted molar refractivity (Wildman–Crippen MR) is 61.4 cm³/mol. The van der Waals surface area contributed by atoms with Gasteiger partial charge in [0.2, 0.25) is 0 Å². The maximum atomic E-state index is 6.12. The van der Waals surface area contributed by atoms with Crippen LogP contribution in [0.25, 0.3) is 0 Å². The lowest BCUT2D eigenvalue weighted by Gasteiger charge is -2.35. The third kappa shape index (κ3) is 1.33. The molecular weight excluding hydrogens is 226 g/mol. The molecule has 0 radical (unpaired) electrons. The largest absolute Gasteiger partial charge is 0.350 e. The molecule has 2 atom stereocenters. The topological polar surface area (TPSA) is 38.2 Å². The molecule has 16 heavy (non-hydrogen) atoms. The maximum Gasteiger partial charge on any atom is 0.141 e. The zero-order valence-electron chi connectivity index (χ0n) is 8.77. The van der Waals surface area contributed by atoms with E-state index in [2.05, 4.69) is 21.4 Å². The predicted octanol–water partition coefficient (Wildman–Crippen LogP) is 2.31. The van der Waals surface area contributed by atoms with Crippen molar-refractivity contribution in [2.45, 2.75) is 25.2 Å². The van der Waals surface area contributed by atoms with Crippen molar-refractivity contribution in [1.82, 2.24) is 9.97 Å². The molecule has 1 fully saturated rings. The number of halogens is 1. The molecule has 0 unspecified atom stereocenters. The molecule has 0 aliphatic carbocycles. The average molecular weight is 238 g/mol. The van der Waals surface area contributed by atoms with Gasteiger partial charge >= 0.3 is 0 Å². The van der Waals surface area contributed by atoms with Crippen molar-refractivity contribution >= 4 is 17.4 Å². The monoisotopic (exact) mass is 237 g/mol. The van der Waals surface area contributed by atoms with Crippen LogP contribution in [0.1, 0.15) is 24.5 Å². The van der Waals surface area contributed by atoms with Gasteiger partial charge in [0.15, 0.2) is 0 Å². The Morgan fingerprint density at radius 1 is 1.56 bits per heavy atom. The van der Waals surface area contributed by atoms with Gasteiger partial charge < -0.3 is 9.64 Å². The molecule has 3 heterocycles. The molecule has 5 heteroatoms. The SMILES string of the molecule is C=CCN1c2ncnc(Cl)c2[C@H]2CC[C@H]1O2. The zero-order valence-corrected chi connectivity index (χ0v) is 9.52. The number of hydrogen-bond donors (Lipinski definition) is 0. The number of nitrogens with zero attached hydrogens (tertiary/aromatic N) is 3. The van der Waals surface area contributed by atoms with E-state index >= 15 is 0 Å². The van der Waals surface area contributed by atoms with Gasteiger partial charge in [0.05, 0.1) is 11.7 Å². The number of aromatic nitrogens is 2. The number of fused-ring (bicyclic) bond motifs is 4. The Morgan fingerprint density at radius 3 is 3.25 bits per heavy atom. The highest BCUT2D eigenvalue weighted by Crippen LogP contribution is 2.46. The number of rotatable bonds is 2. The van der Waals surface area contributed by atoms with Crippen molar-refractivity contribution in [2.24, 2.45) is 0 Å². The Balaban J connectivity index is 2.12. The van der Waals surface area contributed by atoms with Crippen LogP contribution in [0.2, 0.25) is 5.15 Å². The minimum Gasteiger partial charge on any atom is -0.350 e. The Labute approximate surface area is 98.9 Å². The van der Waals surface area contributed by atoms with Crippen LogP contribution in [0.5, 0.6) is 0 Å². The highest BCUT2D eigenvalue weighted by Gasteiger charge is 2.40. The minimum absolute atomic E-state index is 0.0646. The van der Waals surface area contributed by atoms with Crippen molar-refractivity contribution < 1.29 is 4.74 Å². The highest BCUT2D eigenvalue weighted by molar-refractivity contribution is 6.30. The number of ether oxygens (including phenoxy) is 1. The summed E-state index contributed by atoms with van der Waals surface area (Å²) in [5.41, 5.74) is 0.930. The third-order valence-electron chi connectivity index (χ3n) is 3.08. The van der Waals surface area contributed by atoms with Crippen LogP contribution >= 0.6 is 11.6 Å². The second kappa shape index (κ2) is 3.71.